The molecule has 0 aliphatic carbocycles. The maximum atomic E-state index is 11.4. The number of carbonyl (C=O) groups excluding carboxylic acids is 2. The fraction of sp³-hybridized carbons (Fsp3) is 0.273. The predicted molar refractivity (Wildman–Crippen MR) is 77.3 cm³/mol. The molecule has 0 spiro atoms. The molecule has 1 aromatic rings. The van der Waals surface area contributed by atoms with Crippen LogP contribution in [0.15, 0.2) is 27.7 Å². The molecule has 0 bridgehead atoms. The fourth-order valence-electron chi connectivity index (χ4n) is 1.41. The summed E-state index contributed by atoms with van der Waals surface area (Å²) in [7, 11) is 0. The summed E-state index contributed by atoms with van der Waals surface area (Å²) in [6.45, 7) is 1.83. The number of nitrogens with one attached hydrogen (secondary N) is 1. The molecule has 2 amide bonds. The van der Waals surface area contributed by atoms with Crippen molar-refractivity contribution in [2.75, 3.05) is 0 Å². The lowest BCUT2D eigenvalue weighted by Gasteiger charge is -2.19. The number of primary amides is 1. The van der Waals surface area contributed by atoms with Gasteiger partial charge in [-0.05, 0) is 18.4 Å². The third-order valence-electron chi connectivity index (χ3n) is 2.36. The molecule has 1 aliphatic rings. The number of thioether (sulfide) groups is 1. The number of amides is 2. The molecule has 1 atom stereocenters. The molecule has 8 heteroatoms. The van der Waals surface area contributed by atoms with E-state index in [9.17, 15) is 9.59 Å². The molecule has 19 heavy (non-hydrogen) atoms. The van der Waals surface area contributed by atoms with Crippen LogP contribution in [0.2, 0.25) is 0 Å². The van der Waals surface area contributed by atoms with Crippen LogP contribution < -0.4 is 11.1 Å². The number of hydrogen-bond acceptors (Lipinski definition) is 6. The first-order chi connectivity index (χ1) is 9.06. The minimum absolute atomic E-state index is 0.0760. The van der Waals surface area contributed by atoms with Crippen LogP contribution in [-0.2, 0) is 9.59 Å². The highest BCUT2D eigenvalue weighted by molar-refractivity contribution is 8.15. The van der Waals surface area contributed by atoms with Crippen molar-refractivity contribution in [1.82, 2.24) is 5.32 Å². The Kier molecular flexibility index (Phi) is 4.33. The number of carbonyl (C=O) groups is 2. The van der Waals surface area contributed by atoms with E-state index in [1.54, 1.807) is 11.3 Å². The van der Waals surface area contributed by atoms with Crippen LogP contribution in [0.1, 0.15) is 18.2 Å². The lowest BCUT2D eigenvalue weighted by molar-refractivity contribution is -0.123. The van der Waals surface area contributed by atoms with Gasteiger partial charge in [-0.3, -0.25) is 9.59 Å². The van der Waals surface area contributed by atoms with Gasteiger partial charge in [0.25, 0.3) is 0 Å². The van der Waals surface area contributed by atoms with Gasteiger partial charge in [0.05, 0.1) is 15.8 Å². The topological polar surface area (TPSA) is 96.9 Å². The lowest BCUT2D eigenvalue weighted by Crippen LogP contribution is -2.42. The van der Waals surface area contributed by atoms with E-state index >= 15 is 0 Å². The van der Waals surface area contributed by atoms with E-state index in [1.807, 2.05) is 24.4 Å². The van der Waals surface area contributed by atoms with E-state index in [0.717, 1.165) is 22.4 Å². The van der Waals surface area contributed by atoms with Crippen LogP contribution in [0.4, 0.5) is 0 Å². The Morgan fingerprint density at radius 2 is 2.37 bits per heavy atom. The molecule has 0 saturated carbocycles. The molecular weight excluding hydrogens is 284 g/mol. The normalized spacial score (nSPS) is 22.4. The maximum Gasteiger partial charge on any atom is 0.231 e. The van der Waals surface area contributed by atoms with Crippen LogP contribution in [0, 0.1) is 0 Å². The third kappa shape index (κ3) is 3.65. The van der Waals surface area contributed by atoms with E-state index in [4.69, 9.17) is 5.73 Å². The minimum Gasteiger partial charge on any atom is -0.369 e. The molecule has 6 nitrogen and oxygen atoms in total. The average molecular weight is 296 g/mol. The van der Waals surface area contributed by atoms with Gasteiger partial charge in [0.2, 0.25) is 11.8 Å². The van der Waals surface area contributed by atoms with E-state index in [-0.39, 0.29) is 12.3 Å². The standard InChI is InChI=1S/C11H12N4O2S2/c1-6(7-3-2-4-18-7)14-15-11-13-9(16)5-8(19-11)10(12)17/h2-4,8H,5H2,1H3,(H2,12,17)(H,13,15,16)/b14-6-/t8-/m1/s1. The number of amidine groups is 1. The molecule has 1 aliphatic heterocycles. The summed E-state index contributed by atoms with van der Waals surface area (Å²) < 4.78 is 0. The zero-order valence-corrected chi connectivity index (χ0v) is 11.8. The van der Waals surface area contributed by atoms with Gasteiger partial charge in [-0.2, -0.15) is 5.10 Å². The number of nitrogens with two attached hydrogens (primary N) is 1. The summed E-state index contributed by atoms with van der Waals surface area (Å²) in [5.74, 6) is -0.795. The number of nitrogens with zero attached hydrogens (tertiary/aromatic N) is 2. The third-order valence-corrected chi connectivity index (χ3v) is 4.43. The van der Waals surface area contributed by atoms with Crippen LogP contribution >= 0.6 is 23.1 Å². The molecule has 0 aromatic carbocycles. The van der Waals surface area contributed by atoms with Gasteiger partial charge in [0.15, 0.2) is 5.17 Å². The lowest BCUT2D eigenvalue weighted by atomic mass is 10.3. The number of hydrogen-bond donors (Lipinski definition) is 2. The van der Waals surface area contributed by atoms with Crippen molar-refractivity contribution in [3.63, 3.8) is 0 Å². The average Bonchev–Trinajstić information content (AvgIpc) is 2.89. The molecule has 0 unspecified atom stereocenters. The van der Waals surface area contributed by atoms with E-state index in [1.165, 1.54) is 0 Å². The van der Waals surface area contributed by atoms with Crippen LogP contribution in [0.3, 0.4) is 0 Å². The smallest absolute Gasteiger partial charge is 0.231 e. The fourth-order valence-corrected chi connectivity index (χ4v) is 2.96. The molecule has 3 N–H and O–H groups in total. The zero-order valence-electron chi connectivity index (χ0n) is 10.1. The van der Waals surface area contributed by atoms with Crippen molar-refractivity contribution in [2.45, 2.75) is 18.6 Å². The van der Waals surface area contributed by atoms with Gasteiger partial charge in [-0.15, -0.1) is 16.4 Å². The molecular formula is C11H12N4O2S2. The van der Waals surface area contributed by atoms with Crippen molar-refractivity contribution in [2.24, 2.45) is 15.9 Å². The Morgan fingerprint density at radius 1 is 1.58 bits per heavy atom. The Bertz CT molecular complexity index is 551. The zero-order chi connectivity index (χ0) is 13.8. The van der Waals surface area contributed by atoms with E-state index in [2.05, 4.69) is 15.5 Å². The largest absolute Gasteiger partial charge is 0.369 e. The van der Waals surface area contributed by atoms with Gasteiger partial charge < -0.3 is 11.1 Å². The highest BCUT2D eigenvalue weighted by atomic mass is 32.2. The monoisotopic (exact) mass is 296 g/mol. The first-order valence-corrected chi connectivity index (χ1v) is 7.24. The summed E-state index contributed by atoms with van der Waals surface area (Å²) in [6.07, 6.45) is 0.0760. The Hall–Kier alpha value is -1.67. The summed E-state index contributed by atoms with van der Waals surface area (Å²) in [5, 5.41) is 12.2. The Morgan fingerprint density at radius 3 is 3.00 bits per heavy atom. The molecule has 1 saturated heterocycles. The minimum atomic E-state index is -0.579. The summed E-state index contributed by atoms with van der Waals surface area (Å²) in [5.41, 5.74) is 5.94. The van der Waals surface area contributed by atoms with Gasteiger partial charge in [-0.25, -0.2) is 0 Å². The summed E-state index contributed by atoms with van der Waals surface area (Å²) >= 11 is 2.68. The quantitative estimate of drug-likeness (QED) is 0.641. The van der Waals surface area contributed by atoms with Crippen molar-refractivity contribution in [1.29, 1.82) is 0 Å². The van der Waals surface area contributed by atoms with Gasteiger partial charge in [-0.1, -0.05) is 17.8 Å². The van der Waals surface area contributed by atoms with Crippen molar-refractivity contribution >= 4 is 45.8 Å². The molecule has 2 heterocycles. The van der Waals surface area contributed by atoms with Crippen molar-refractivity contribution in [3.05, 3.63) is 22.4 Å². The molecule has 100 valence electrons. The van der Waals surface area contributed by atoms with Crippen LogP contribution in [-0.4, -0.2) is 27.9 Å². The van der Waals surface area contributed by atoms with Crippen molar-refractivity contribution < 1.29 is 9.59 Å². The number of rotatable bonds is 3. The van der Waals surface area contributed by atoms with Gasteiger partial charge >= 0.3 is 0 Å². The molecule has 1 fully saturated rings. The predicted octanol–water partition coefficient (Wildman–Crippen LogP) is 0.935. The number of thiophene rings is 1. The van der Waals surface area contributed by atoms with Crippen LogP contribution in [0.25, 0.3) is 0 Å². The highest BCUT2D eigenvalue weighted by Crippen LogP contribution is 2.20. The van der Waals surface area contributed by atoms with E-state index < -0.39 is 11.2 Å². The molecule has 0 radical (unpaired) electrons. The maximum absolute atomic E-state index is 11.4. The molecule has 2 rings (SSSR count). The summed E-state index contributed by atoms with van der Waals surface area (Å²) in [6, 6.07) is 3.86. The van der Waals surface area contributed by atoms with Crippen LogP contribution in [0.5, 0.6) is 0 Å². The van der Waals surface area contributed by atoms with Gasteiger partial charge in [0, 0.05) is 6.42 Å². The Balaban J connectivity index is 2.12. The molecule has 1 aromatic heterocycles. The SMILES string of the molecule is C/C(=N/N=C1\NC(=O)C[C@H](C(N)=O)S1)c1cccs1. The second kappa shape index (κ2) is 5.98. The second-order valence-electron chi connectivity index (χ2n) is 3.83. The van der Waals surface area contributed by atoms with E-state index in [0.29, 0.717) is 5.17 Å². The van der Waals surface area contributed by atoms with Gasteiger partial charge in [0.1, 0.15) is 0 Å². The van der Waals surface area contributed by atoms with Crippen molar-refractivity contribution in [3.8, 4) is 0 Å². The second-order valence-corrected chi connectivity index (χ2v) is 5.97. The Labute approximate surface area is 118 Å². The summed E-state index contributed by atoms with van der Waals surface area (Å²) in [4.78, 5) is 23.5. The first-order valence-electron chi connectivity index (χ1n) is 5.48. The highest BCUT2D eigenvalue weighted by Gasteiger charge is 2.28. The first kappa shape index (κ1) is 13.8.